The van der Waals surface area contributed by atoms with Crippen LogP contribution in [0.25, 0.3) is 0 Å². The summed E-state index contributed by atoms with van der Waals surface area (Å²) in [7, 11) is 0. The fourth-order valence-electron chi connectivity index (χ4n) is 3.73. The van der Waals surface area contributed by atoms with E-state index >= 15 is 0 Å². The van der Waals surface area contributed by atoms with Gasteiger partial charge in [-0.2, -0.15) is 0 Å². The van der Waals surface area contributed by atoms with Crippen LogP contribution in [0.15, 0.2) is 18.2 Å². The number of hydrogen-bond donors (Lipinski definition) is 0. The van der Waals surface area contributed by atoms with Crippen molar-refractivity contribution in [3.63, 3.8) is 0 Å². The van der Waals surface area contributed by atoms with Crippen LogP contribution in [0.3, 0.4) is 0 Å². The quantitative estimate of drug-likeness (QED) is 0.765. The highest BCUT2D eigenvalue weighted by atomic mass is 35.5. The number of anilines is 1. The maximum atomic E-state index is 6.21. The zero-order valence-corrected chi connectivity index (χ0v) is 16.9. The first-order chi connectivity index (χ1) is 12.5. The Morgan fingerprint density at radius 1 is 1.15 bits per heavy atom. The molecule has 1 aliphatic rings. The first kappa shape index (κ1) is 19.1. The third kappa shape index (κ3) is 4.01. The van der Waals surface area contributed by atoms with Gasteiger partial charge in [-0.05, 0) is 55.3 Å². The van der Waals surface area contributed by atoms with Crippen molar-refractivity contribution in [3.05, 3.63) is 34.6 Å². The van der Waals surface area contributed by atoms with Gasteiger partial charge in [-0.25, -0.2) is 4.68 Å². The summed E-state index contributed by atoms with van der Waals surface area (Å²) in [5, 5.41) is 13.3. The van der Waals surface area contributed by atoms with Crippen molar-refractivity contribution in [3.8, 4) is 0 Å². The molecule has 6 nitrogen and oxygen atoms in total. The van der Waals surface area contributed by atoms with E-state index in [1.807, 2.05) is 10.7 Å². The minimum atomic E-state index is 0.273. The lowest BCUT2D eigenvalue weighted by molar-refractivity contribution is 0.162. The second-order valence-corrected chi connectivity index (χ2v) is 7.77. The summed E-state index contributed by atoms with van der Waals surface area (Å²) in [5.74, 6) is 0.995. The van der Waals surface area contributed by atoms with Crippen molar-refractivity contribution in [2.45, 2.75) is 52.6 Å². The number of tetrazole rings is 1. The number of aryl methyl sites for hydroxylation is 1. The van der Waals surface area contributed by atoms with Crippen LogP contribution in [0, 0.1) is 6.92 Å². The van der Waals surface area contributed by atoms with Crippen LogP contribution < -0.4 is 4.90 Å². The normalized spacial score (nSPS) is 17.1. The Bertz CT molecular complexity index is 721. The molecule has 7 heteroatoms. The van der Waals surface area contributed by atoms with Gasteiger partial charge in [0.15, 0.2) is 5.82 Å². The van der Waals surface area contributed by atoms with Gasteiger partial charge in [-0.3, -0.25) is 4.90 Å². The van der Waals surface area contributed by atoms with E-state index in [1.165, 1.54) is 11.3 Å². The summed E-state index contributed by atoms with van der Waals surface area (Å²) in [5.41, 5.74) is 2.52. The van der Waals surface area contributed by atoms with Crippen molar-refractivity contribution >= 4 is 17.3 Å². The van der Waals surface area contributed by atoms with Gasteiger partial charge in [0.05, 0.1) is 12.1 Å². The van der Waals surface area contributed by atoms with Gasteiger partial charge in [-0.1, -0.05) is 31.0 Å². The van der Waals surface area contributed by atoms with Crippen molar-refractivity contribution < 1.29 is 0 Å². The molecular formula is C19H29ClN6. The molecule has 1 saturated heterocycles. The van der Waals surface area contributed by atoms with E-state index in [2.05, 4.69) is 65.2 Å². The lowest BCUT2D eigenvalue weighted by Gasteiger charge is -2.40. The summed E-state index contributed by atoms with van der Waals surface area (Å²) < 4.78 is 1.97. The van der Waals surface area contributed by atoms with Crippen molar-refractivity contribution in [1.29, 1.82) is 0 Å². The smallest absolute Gasteiger partial charge is 0.168 e. The summed E-state index contributed by atoms with van der Waals surface area (Å²) in [6.07, 6.45) is 2.19. The molecule has 1 aliphatic heterocycles. The molecule has 0 saturated carbocycles. The Labute approximate surface area is 161 Å². The molecule has 2 aromatic rings. The molecule has 0 aliphatic carbocycles. The van der Waals surface area contributed by atoms with Gasteiger partial charge in [-0.15, -0.1) is 5.10 Å². The number of aromatic nitrogens is 4. The lowest BCUT2D eigenvalue weighted by atomic mass is 10.1. The first-order valence-corrected chi connectivity index (χ1v) is 9.92. The highest BCUT2D eigenvalue weighted by Gasteiger charge is 2.29. The maximum Gasteiger partial charge on any atom is 0.168 e. The van der Waals surface area contributed by atoms with Crippen molar-refractivity contribution in [2.75, 3.05) is 31.1 Å². The molecule has 3 rings (SSSR count). The van der Waals surface area contributed by atoms with E-state index in [9.17, 15) is 0 Å². The summed E-state index contributed by atoms with van der Waals surface area (Å²) in [4.78, 5) is 4.97. The molecule has 0 N–H and O–H groups in total. The topological polar surface area (TPSA) is 50.1 Å². The number of halogens is 1. The van der Waals surface area contributed by atoms with Gasteiger partial charge < -0.3 is 4.90 Å². The third-order valence-electron chi connectivity index (χ3n) is 5.13. The minimum Gasteiger partial charge on any atom is -0.369 e. The summed E-state index contributed by atoms with van der Waals surface area (Å²) in [6.45, 7) is 12.6. The molecule has 2 heterocycles. The van der Waals surface area contributed by atoms with Crippen molar-refractivity contribution in [2.24, 2.45) is 0 Å². The summed E-state index contributed by atoms with van der Waals surface area (Å²) in [6, 6.07) is 6.69. The van der Waals surface area contributed by atoms with Crippen LogP contribution in [0.2, 0.25) is 5.02 Å². The van der Waals surface area contributed by atoms with Crippen LogP contribution >= 0.6 is 11.6 Å². The van der Waals surface area contributed by atoms with E-state index in [4.69, 9.17) is 11.6 Å². The number of hydrogen-bond acceptors (Lipinski definition) is 5. The average Bonchev–Trinajstić information content (AvgIpc) is 3.12. The minimum absolute atomic E-state index is 0.273. The zero-order chi connectivity index (χ0) is 18.7. The Morgan fingerprint density at radius 3 is 2.54 bits per heavy atom. The van der Waals surface area contributed by atoms with E-state index < -0.39 is 0 Å². The number of piperazine rings is 1. The van der Waals surface area contributed by atoms with Gasteiger partial charge in [0, 0.05) is 36.9 Å². The molecule has 1 aromatic heterocycles. The van der Waals surface area contributed by atoms with Gasteiger partial charge in [0.1, 0.15) is 0 Å². The first-order valence-electron chi connectivity index (χ1n) is 9.54. The van der Waals surface area contributed by atoms with Gasteiger partial charge in [0.25, 0.3) is 0 Å². The number of benzene rings is 1. The number of rotatable bonds is 6. The van der Waals surface area contributed by atoms with E-state index in [-0.39, 0.29) is 12.1 Å². The Morgan fingerprint density at radius 2 is 1.88 bits per heavy atom. The predicted molar refractivity (Wildman–Crippen MR) is 106 cm³/mol. The monoisotopic (exact) mass is 376 g/mol. The second-order valence-electron chi connectivity index (χ2n) is 7.33. The molecule has 26 heavy (non-hydrogen) atoms. The molecule has 1 aromatic carbocycles. The molecular weight excluding hydrogens is 348 g/mol. The standard InChI is InChI=1S/C19H29ClN6/c1-5-6-17(19-21-22-23-26(19)14(2)3)24-9-11-25(12-10-24)18-13-16(20)8-7-15(18)4/h7-8,13-14,17H,5-6,9-12H2,1-4H3. The molecule has 0 amide bonds. The van der Waals surface area contributed by atoms with Crippen LogP contribution in [-0.4, -0.2) is 51.3 Å². The van der Waals surface area contributed by atoms with Gasteiger partial charge >= 0.3 is 0 Å². The van der Waals surface area contributed by atoms with Gasteiger partial charge in [0.2, 0.25) is 0 Å². The summed E-state index contributed by atoms with van der Waals surface area (Å²) >= 11 is 6.21. The molecule has 1 atom stereocenters. The number of nitrogens with zero attached hydrogens (tertiary/aromatic N) is 6. The zero-order valence-electron chi connectivity index (χ0n) is 16.2. The van der Waals surface area contributed by atoms with Crippen molar-refractivity contribution in [1.82, 2.24) is 25.1 Å². The lowest BCUT2D eigenvalue weighted by Crippen LogP contribution is -2.48. The Hall–Kier alpha value is -1.66. The highest BCUT2D eigenvalue weighted by molar-refractivity contribution is 6.30. The molecule has 0 bridgehead atoms. The molecule has 1 fully saturated rings. The fourth-order valence-corrected chi connectivity index (χ4v) is 3.90. The second kappa shape index (κ2) is 8.35. The van der Waals surface area contributed by atoms with E-state index in [1.54, 1.807) is 0 Å². The Balaban J connectivity index is 1.74. The molecule has 142 valence electrons. The molecule has 0 radical (unpaired) electrons. The molecule has 1 unspecified atom stereocenters. The van der Waals surface area contributed by atoms with E-state index in [0.717, 1.165) is 49.9 Å². The van der Waals surface area contributed by atoms with Crippen LogP contribution in [0.4, 0.5) is 5.69 Å². The van der Waals surface area contributed by atoms with Crippen LogP contribution in [0.5, 0.6) is 0 Å². The van der Waals surface area contributed by atoms with E-state index in [0.29, 0.717) is 0 Å². The van der Waals surface area contributed by atoms with Crippen LogP contribution in [-0.2, 0) is 0 Å². The SMILES string of the molecule is CCCC(c1nnnn1C(C)C)N1CCN(c2cc(Cl)ccc2C)CC1. The predicted octanol–water partition coefficient (Wildman–Crippen LogP) is 3.88. The largest absolute Gasteiger partial charge is 0.369 e. The average molecular weight is 377 g/mol. The van der Waals surface area contributed by atoms with Crippen LogP contribution in [0.1, 0.15) is 57.1 Å². The Kier molecular flexibility index (Phi) is 6.14. The maximum absolute atomic E-state index is 6.21. The fraction of sp³-hybridized carbons (Fsp3) is 0.632. The highest BCUT2D eigenvalue weighted by Crippen LogP contribution is 2.29. The third-order valence-corrected chi connectivity index (χ3v) is 5.37. The molecule has 0 spiro atoms.